The van der Waals surface area contributed by atoms with Crippen LogP contribution < -0.4 is 5.01 Å². The van der Waals surface area contributed by atoms with E-state index in [-0.39, 0.29) is 57.6 Å². The van der Waals surface area contributed by atoms with Gasteiger partial charge in [-0.25, -0.2) is 18.4 Å². The molecule has 0 fully saturated rings. The summed E-state index contributed by atoms with van der Waals surface area (Å²) in [6, 6.07) is 3.05. The fourth-order valence-corrected chi connectivity index (χ4v) is 5.17. The highest BCUT2D eigenvalue weighted by atomic mass is 19.1. The summed E-state index contributed by atoms with van der Waals surface area (Å²) in [5, 5.41) is 28.1. The van der Waals surface area contributed by atoms with E-state index in [0.29, 0.717) is 5.01 Å². The van der Waals surface area contributed by atoms with Gasteiger partial charge in [0.2, 0.25) is 6.34 Å². The first-order valence-corrected chi connectivity index (χ1v) is 18.1. The number of hydrogen-bond donors (Lipinski definition) is 3. The highest BCUT2D eigenvalue weighted by molar-refractivity contribution is 5.76. The first kappa shape index (κ1) is 44.5. The van der Waals surface area contributed by atoms with E-state index >= 15 is 0 Å². The zero-order valence-corrected chi connectivity index (χ0v) is 30.6. The van der Waals surface area contributed by atoms with Gasteiger partial charge >= 0.3 is 23.9 Å². The van der Waals surface area contributed by atoms with Gasteiger partial charge in [-0.2, -0.15) is 15.1 Å². The summed E-state index contributed by atoms with van der Waals surface area (Å²) in [5.74, 6) is -4.19. The van der Waals surface area contributed by atoms with Crippen molar-refractivity contribution in [3.05, 3.63) is 48.1 Å². The van der Waals surface area contributed by atoms with E-state index in [1.54, 1.807) is 0 Å². The predicted molar refractivity (Wildman–Crippen MR) is 189 cm³/mol. The number of esters is 3. The minimum Gasteiger partial charge on any atom is -0.481 e. The second-order valence-corrected chi connectivity index (χ2v) is 12.6. The highest BCUT2D eigenvalue weighted by Gasteiger charge is 2.38. The largest absolute Gasteiger partial charge is 0.481 e. The van der Waals surface area contributed by atoms with Crippen LogP contribution in [-0.2, 0) is 45.5 Å². The molecular formula is C36H53F2N6O9+. The monoisotopic (exact) mass is 751 g/mol. The van der Waals surface area contributed by atoms with Crippen molar-refractivity contribution in [1.82, 2.24) is 14.8 Å². The molecule has 1 aromatic carbocycles. The maximum absolute atomic E-state index is 14.1. The topological polar surface area (TPSA) is 196 Å². The van der Waals surface area contributed by atoms with Crippen LogP contribution in [-0.4, -0.2) is 87.4 Å². The van der Waals surface area contributed by atoms with Gasteiger partial charge in [-0.05, 0) is 25.0 Å². The van der Waals surface area contributed by atoms with Crippen LogP contribution in [0, 0.1) is 11.6 Å². The number of nitrogens with zero attached hydrogens (tertiary/aromatic N) is 5. The number of benzene rings is 1. The van der Waals surface area contributed by atoms with Crippen molar-refractivity contribution in [3.8, 4) is 0 Å². The normalized spacial score (nSPS) is 14.3. The zero-order chi connectivity index (χ0) is 38.9. The minimum atomic E-state index is -1.66. The number of aliphatic hydroxyl groups is 1. The number of nitrogens with one attached hydrogen (secondary N) is 1. The highest BCUT2D eigenvalue weighted by Crippen LogP contribution is 2.25. The summed E-state index contributed by atoms with van der Waals surface area (Å²) >= 11 is 0. The molecule has 17 heteroatoms. The first-order valence-electron chi connectivity index (χ1n) is 18.1. The summed E-state index contributed by atoms with van der Waals surface area (Å²) in [6.07, 6.45) is 14.5. The molecule has 0 amide bonds. The Balaban J connectivity index is 0.000000385. The number of carbonyl (C=O) groups excluding carboxylic acids is 3. The predicted octanol–water partition coefficient (Wildman–Crippen LogP) is 3.88. The Morgan fingerprint density at radius 2 is 1.49 bits per heavy atom. The van der Waals surface area contributed by atoms with Crippen molar-refractivity contribution in [2.45, 2.75) is 122 Å². The molecule has 1 aromatic heterocycles. The van der Waals surface area contributed by atoms with Crippen LogP contribution >= 0.6 is 0 Å². The number of hydrogen-bond acceptors (Lipinski definition) is 12. The lowest BCUT2D eigenvalue weighted by Gasteiger charge is -2.28. The van der Waals surface area contributed by atoms with Crippen LogP contribution in [0.1, 0.15) is 109 Å². The van der Waals surface area contributed by atoms with E-state index in [1.165, 1.54) is 36.1 Å². The molecule has 1 aliphatic rings. The number of rotatable bonds is 25. The average molecular weight is 752 g/mol. The minimum absolute atomic E-state index is 0.00934. The number of aliphatic imine (C=N–C) groups is 1. The molecule has 0 spiro atoms. The van der Waals surface area contributed by atoms with Crippen molar-refractivity contribution >= 4 is 36.6 Å². The molecule has 2 atom stereocenters. The standard InChI is InChI=1S/C23H40O8.C13H12F2N6O/c1-3-5-7-9-11-13-21(26)29-17-19(31-23(28)16-15-20(24)25)18-30-22(27)14-12-10-8-6-4-2;14-10-1-2-11(12(15)3-10)13(22,4-20-8-16-6-18-20)5-21-9-17-7-19-21/h19H,3-18H2,1-2H3,(H,24,25);1-3,6-9,22H,4-5H2/p+1. The Morgan fingerprint density at radius 1 is 0.868 bits per heavy atom. The van der Waals surface area contributed by atoms with Crippen molar-refractivity contribution in [1.29, 1.82) is 0 Å². The van der Waals surface area contributed by atoms with Crippen LogP contribution in [0.15, 0.2) is 40.9 Å². The molecule has 53 heavy (non-hydrogen) atoms. The lowest BCUT2D eigenvalue weighted by atomic mass is 9.92. The quantitative estimate of drug-likeness (QED) is 0.0757. The third-order valence-corrected chi connectivity index (χ3v) is 7.98. The number of carboxylic acid groups (broad SMARTS) is 1. The Hall–Kier alpha value is -4.64. The lowest BCUT2D eigenvalue weighted by molar-refractivity contribution is -0.812. The van der Waals surface area contributed by atoms with Gasteiger partial charge in [-0.3, -0.25) is 19.2 Å². The number of quaternary nitrogens is 1. The molecule has 3 rings (SSSR count). The fourth-order valence-electron chi connectivity index (χ4n) is 5.17. The van der Waals surface area contributed by atoms with Gasteiger partial charge in [0.15, 0.2) is 18.0 Å². The summed E-state index contributed by atoms with van der Waals surface area (Å²) in [4.78, 5) is 53.8. The molecule has 2 aromatic rings. The molecule has 2 heterocycles. The van der Waals surface area contributed by atoms with Crippen LogP contribution in [0.25, 0.3) is 0 Å². The molecule has 0 aliphatic carbocycles. The van der Waals surface area contributed by atoms with E-state index in [0.717, 1.165) is 76.3 Å². The SMILES string of the molecule is CCCCCCCC(=O)OCC(COC(=O)CCCCCCC)OC(=O)CCC(=O)O.OC(Cn1cncn1)(C[NH+]1C=NC=N1)c1ccc(F)cc1F. The molecule has 0 bridgehead atoms. The summed E-state index contributed by atoms with van der Waals surface area (Å²) in [5.41, 5.74) is -1.69. The van der Waals surface area contributed by atoms with Gasteiger partial charge in [-0.1, -0.05) is 70.3 Å². The molecule has 15 nitrogen and oxygen atoms in total. The molecule has 2 unspecified atom stereocenters. The lowest BCUT2D eigenvalue weighted by Crippen LogP contribution is -3.07. The number of carbonyl (C=O) groups is 4. The second kappa shape index (κ2) is 25.4. The molecule has 0 saturated carbocycles. The van der Waals surface area contributed by atoms with Gasteiger partial charge < -0.3 is 24.4 Å². The van der Waals surface area contributed by atoms with Gasteiger partial charge in [0, 0.05) is 24.5 Å². The summed E-state index contributed by atoms with van der Waals surface area (Å²) in [7, 11) is 0. The summed E-state index contributed by atoms with van der Waals surface area (Å²) in [6.45, 7) is 3.74. The van der Waals surface area contributed by atoms with Gasteiger partial charge in [-0.15, -0.1) is 0 Å². The average Bonchev–Trinajstić information content (AvgIpc) is 3.83. The third-order valence-electron chi connectivity index (χ3n) is 7.98. The molecular weight excluding hydrogens is 698 g/mol. The first-order chi connectivity index (χ1) is 25.4. The second-order valence-electron chi connectivity index (χ2n) is 12.6. The Bertz CT molecular complexity index is 1420. The summed E-state index contributed by atoms with van der Waals surface area (Å²) < 4.78 is 44.1. The number of unbranched alkanes of at least 4 members (excludes halogenated alkanes) is 8. The van der Waals surface area contributed by atoms with Crippen LogP contribution in [0.2, 0.25) is 0 Å². The van der Waals surface area contributed by atoms with Gasteiger partial charge in [0.25, 0.3) is 0 Å². The smallest absolute Gasteiger partial charge is 0.306 e. The van der Waals surface area contributed by atoms with E-state index in [1.807, 2.05) is 0 Å². The number of halogens is 2. The molecule has 0 saturated heterocycles. The molecule has 3 N–H and O–H groups in total. The Labute approximate surface area is 308 Å². The van der Waals surface area contributed by atoms with Gasteiger partial charge in [0.1, 0.15) is 44.0 Å². The Kier molecular flexibility index (Phi) is 21.3. The fraction of sp³-hybridized carbons (Fsp3) is 0.611. The molecule has 0 radical (unpaired) electrons. The number of ether oxygens (including phenoxy) is 3. The maximum Gasteiger partial charge on any atom is 0.306 e. The van der Waals surface area contributed by atoms with E-state index in [4.69, 9.17) is 19.3 Å². The van der Waals surface area contributed by atoms with E-state index in [2.05, 4.69) is 34.0 Å². The zero-order valence-electron chi connectivity index (χ0n) is 30.6. The number of aromatic nitrogens is 3. The van der Waals surface area contributed by atoms with Crippen molar-refractivity contribution in [3.63, 3.8) is 0 Å². The molecule has 1 aliphatic heterocycles. The Morgan fingerprint density at radius 3 is 2.00 bits per heavy atom. The molecule has 294 valence electrons. The third kappa shape index (κ3) is 19.1. The van der Waals surface area contributed by atoms with Crippen LogP contribution in [0.3, 0.4) is 0 Å². The number of carboxylic acids is 1. The van der Waals surface area contributed by atoms with Crippen molar-refractivity contribution in [2.24, 2.45) is 10.1 Å². The maximum atomic E-state index is 14.1. The van der Waals surface area contributed by atoms with Crippen molar-refractivity contribution in [2.75, 3.05) is 19.8 Å². The van der Waals surface area contributed by atoms with Crippen LogP contribution in [0.5, 0.6) is 0 Å². The number of aliphatic carboxylic acids is 1. The van der Waals surface area contributed by atoms with Gasteiger partial charge in [0.05, 0.1) is 19.4 Å². The van der Waals surface area contributed by atoms with E-state index in [9.17, 15) is 33.1 Å². The van der Waals surface area contributed by atoms with Crippen molar-refractivity contribution < 1.29 is 57.4 Å². The van der Waals surface area contributed by atoms with Crippen LogP contribution in [0.4, 0.5) is 8.78 Å². The van der Waals surface area contributed by atoms with E-state index < -0.39 is 47.2 Å².